The predicted molar refractivity (Wildman–Crippen MR) is 65.3 cm³/mol. The second-order valence-electron chi connectivity index (χ2n) is 4.25. The number of rotatable bonds is 8. The van der Waals surface area contributed by atoms with Crippen LogP contribution in [-0.4, -0.2) is 55.4 Å². The van der Waals surface area contributed by atoms with Crippen molar-refractivity contribution in [2.75, 3.05) is 33.3 Å². The van der Waals surface area contributed by atoms with E-state index in [2.05, 4.69) is 0 Å². The summed E-state index contributed by atoms with van der Waals surface area (Å²) in [5.41, 5.74) is 0. The molecule has 0 fully saturated rings. The molecule has 6 heteroatoms. The Balaban J connectivity index is 4.59. The minimum absolute atomic E-state index is 0.0101. The highest BCUT2D eigenvalue weighted by molar-refractivity contribution is 7.86. The molecular weight excluding hydrogens is 228 g/mol. The molecule has 0 aromatic heterocycles. The first-order valence-corrected chi connectivity index (χ1v) is 7.08. The molecule has 0 amide bonds. The lowest BCUT2D eigenvalue weighted by atomic mass is 10.2. The largest absolute Gasteiger partial charge is 0.396 e. The van der Waals surface area contributed by atoms with Crippen LogP contribution in [0.3, 0.4) is 0 Å². The van der Waals surface area contributed by atoms with Crippen molar-refractivity contribution in [1.82, 2.24) is 8.61 Å². The molecule has 0 aliphatic rings. The number of aliphatic hydroxyl groups is 1. The summed E-state index contributed by atoms with van der Waals surface area (Å²) in [6.07, 6.45) is 0.467. The van der Waals surface area contributed by atoms with Crippen molar-refractivity contribution in [2.45, 2.75) is 27.2 Å². The van der Waals surface area contributed by atoms with Gasteiger partial charge in [0.25, 0.3) is 10.2 Å². The lowest BCUT2D eigenvalue weighted by Crippen LogP contribution is -2.43. The standard InChI is InChI=1S/C10H24N2O3S/c1-5-12(9-10(2)3)16(14,15)11(4)7-6-8-13/h10,13H,5-9H2,1-4H3. The second kappa shape index (κ2) is 7.21. The Morgan fingerprint density at radius 2 is 1.88 bits per heavy atom. The summed E-state index contributed by atoms with van der Waals surface area (Å²) >= 11 is 0. The van der Waals surface area contributed by atoms with Gasteiger partial charge in [-0.05, 0) is 12.3 Å². The topological polar surface area (TPSA) is 60.9 Å². The molecule has 1 N–H and O–H groups in total. The SMILES string of the molecule is CCN(CC(C)C)S(=O)(=O)N(C)CCCO. The van der Waals surface area contributed by atoms with Crippen LogP contribution in [0.1, 0.15) is 27.2 Å². The molecule has 0 aliphatic heterocycles. The van der Waals surface area contributed by atoms with E-state index in [1.54, 1.807) is 7.05 Å². The quantitative estimate of drug-likeness (QED) is 0.685. The summed E-state index contributed by atoms with van der Waals surface area (Å²) < 4.78 is 26.9. The minimum atomic E-state index is -3.36. The second-order valence-corrected chi connectivity index (χ2v) is 6.29. The Bertz CT molecular complexity index is 278. The Morgan fingerprint density at radius 1 is 1.31 bits per heavy atom. The monoisotopic (exact) mass is 252 g/mol. The Kier molecular flexibility index (Phi) is 7.14. The lowest BCUT2D eigenvalue weighted by Gasteiger charge is -2.27. The van der Waals surface area contributed by atoms with Gasteiger partial charge in [0.1, 0.15) is 0 Å². The van der Waals surface area contributed by atoms with Gasteiger partial charge in [0.05, 0.1) is 0 Å². The maximum absolute atomic E-state index is 12.1. The van der Waals surface area contributed by atoms with Crippen LogP contribution >= 0.6 is 0 Å². The number of aliphatic hydroxyl groups excluding tert-OH is 1. The third-order valence-electron chi connectivity index (χ3n) is 2.27. The summed E-state index contributed by atoms with van der Waals surface area (Å²) in [6, 6.07) is 0. The van der Waals surface area contributed by atoms with Gasteiger partial charge in [0.15, 0.2) is 0 Å². The molecule has 0 bridgehead atoms. The molecule has 5 nitrogen and oxygen atoms in total. The van der Waals surface area contributed by atoms with E-state index in [0.29, 0.717) is 32.0 Å². The molecule has 0 aliphatic carbocycles. The fraction of sp³-hybridized carbons (Fsp3) is 1.00. The molecule has 0 atom stereocenters. The van der Waals surface area contributed by atoms with Crippen LogP contribution < -0.4 is 0 Å². The highest BCUT2D eigenvalue weighted by atomic mass is 32.2. The fourth-order valence-electron chi connectivity index (χ4n) is 1.40. The van der Waals surface area contributed by atoms with Crippen LogP contribution in [0.5, 0.6) is 0 Å². The molecular formula is C10H24N2O3S. The van der Waals surface area contributed by atoms with E-state index in [-0.39, 0.29) is 6.61 Å². The fourth-order valence-corrected chi connectivity index (χ4v) is 2.97. The molecule has 98 valence electrons. The van der Waals surface area contributed by atoms with Crippen molar-refractivity contribution in [1.29, 1.82) is 0 Å². The predicted octanol–water partition coefficient (Wildman–Crippen LogP) is 0.523. The van der Waals surface area contributed by atoms with E-state index in [1.807, 2.05) is 20.8 Å². The summed E-state index contributed by atoms with van der Waals surface area (Å²) in [6.45, 7) is 7.19. The molecule has 0 spiro atoms. The van der Waals surface area contributed by atoms with Crippen LogP contribution in [0, 0.1) is 5.92 Å². The van der Waals surface area contributed by atoms with E-state index in [0.717, 1.165) is 0 Å². The van der Waals surface area contributed by atoms with Crippen LogP contribution in [-0.2, 0) is 10.2 Å². The van der Waals surface area contributed by atoms with E-state index in [4.69, 9.17) is 5.11 Å². The van der Waals surface area contributed by atoms with Gasteiger partial charge in [0.2, 0.25) is 0 Å². The first-order valence-electron chi connectivity index (χ1n) is 5.68. The maximum atomic E-state index is 12.1. The van der Waals surface area contributed by atoms with E-state index in [1.165, 1.54) is 8.61 Å². The highest BCUT2D eigenvalue weighted by Gasteiger charge is 2.25. The van der Waals surface area contributed by atoms with Crippen LogP contribution in [0.4, 0.5) is 0 Å². The highest BCUT2D eigenvalue weighted by Crippen LogP contribution is 2.09. The summed E-state index contributed by atoms with van der Waals surface area (Å²) in [5, 5.41) is 8.69. The first-order chi connectivity index (χ1) is 7.36. The average Bonchev–Trinajstić information content (AvgIpc) is 2.21. The van der Waals surface area contributed by atoms with Gasteiger partial charge in [0, 0.05) is 33.3 Å². The van der Waals surface area contributed by atoms with Gasteiger partial charge in [-0.15, -0.1) is 0 Å². The zero-order valence-corrected chi connectivity index (χ0v) is 11.5. The van der Waals surface area contributed by atoms with Crippen molar-refractivity contribution < 1.29 is 13.5 Å². The van der Waals surface area contributed by atoms with E-state index < -0.39 is 10.2 Å². The summed E-state index contributed by atoms with van der Waals surface area (Å²) in [7, 11) is -1.81. The third kappa shape index (κ3) is 4.78. The van der Waals surface area contributed by atoms with Crippen molar-refractivity contribution in [3.05, 3.63) is 0 Å². The van der Waals surface area contributed by atoms with Crippen LogP contribution in [0.15, 0.2) is 0 Å². The van der Waals surface area contributed by atoms with Gasteiger partial charge in [-0.25, -0.2) is 0 Å². The van der Waals surface area contributed by atoms with Crippen molar-refractivity contribution >= 4 is 10.2 Å². The van der Waals surface area contributed by atoms with Gasteiger partial charge in [-0.3, -0.25) is 0 Å². The Labute approximate surface area is 99.2 Å². The van der Waals surface area contributed by atoms with Crippen LogP contribution in [0.2, 0.25) is 0 Å². The average molecular weight is 252 g/mol. The molecule has 0 heterocycles. The van der Waals surface area contributed by atoms with Crippen molar-refractivity contribution in [2.24, 2.45) is 5.92 Å². The third-order valence-corrected chi connectivity index (χ3v) is 4.30. The van der Waals surface area contributed by atoms with Crippen molar-refractivity contribution in [3.63, 3.8) is 0 Å². The molecule has 0 saturated heterocycles. The Morgan fingerprint density at radius 3 is 2.25 bits per heavy atom. The number of hydrogen-bond donors (Lipinski definition) is 1. The number of nitrogens with zero attached hydrogens (tertiary/aromatic N) is 2. The van der Waals surface area contributed by atoms with Crippen molar-refractivity contribution in [3.8, 4) is 0 Å². The van der Waals surface area contributed by atoms with Gasteiger partial charge >= 0.3 is 0 Å². The molecule has 0 unspecified atom stereocenters. The molecule has 0 aromatic rings. The lowest BCUT2D eigenvalue weighted by molar-refractivity contribution is 0.270. The zero-order chi connectivity index (χ0) is 12.8. The smallest absolute Gasteiger partial charge is 0.281 e. The molecule has 0 rings (SSSR count). The molecule has 0 radical (unpaired) electrons. The maximum Gasteiger partial charge on any atom is 0.281 e. The van der Waals surface area contributed by atoms with E-state index >= 15 is 0 Å². The minimum Gasteiger partial charge on any atom is -0.396 e. The van der Waals surface area contributed by atoms with E-state index in [9.17, 15) is 8.42 Å². The first kappa shape index (κ1) is 15.8. The van der Waals surface area contributed by atoms with Gasteiger partial charge in [-0.1, -0.05) is 20.8 Å². The Hall–Kier alpha value is -0.170. The summed E-state index contributed by atoms with van der Waals surface area (Å²) in [5.74, 6) is 0.306. The van der Waals surface area contributed by atoms with Gasteiger partial charge < -0.3 is 5.11 Å². The van der Waals surface area contributed by atoms with Crippen LogP contribution in [0.25, 0.3) is 0 Å². The molecule has 0 aromatic carbocycles. The molecule has 0 saturated carbocycles. The van der Waals surface area contributed by atoms with Gasteiger partial charge in [-0.2, -0.15) is 17.0 Å². The normalized spacial score (nSPS) is 13.0. The zero-order valence-electron chi connectivity index (χ0n) is 10.7. The summed E-state index contributed by atoms with van der Waals surface area (Å²) in [4.78, 5) is 0. The number of hydrogen-bond acceptors (Lipinski definition) is 3. The molecule has 16 heavy (non-hydrogen) atoms.